The molecule has 0 saturated heterocycles. The zero-order valence-electron chi connectivity index (χ0n) is 17.1. The number of ether oxygens (including phenoxy) is 1. The van der Waals surface area contributed by atoms with Gasteiger partial charge in [-0.2, -0.15) is 5.10 Å². The highest BCUT2D eigenvalue weighted by atomic mass is 32.1. The van der Waals surface area contributed by atoms with Crippen LogP contribution in [-0.4, -0.2) is 35.1 Å². The summed E-state index contributed by atoms with van der Waals surface area (Å²) in [6, 6.07) is 7.48. The number of nitrogens with one attached hydrogen (secondary N) is 3. The number of amides is 2. The Morgan fingerprint density at radius 2 is 1.93 bits per heavy atom. The molecule has 1 aromatic carbocycles. The maximum Gasteiger partial charge on any atom is 0.341 e. The van der Waals surface area contributed by atoms with Gasteiger partial charge in [0, 0.05) is 24.0 Å². The Kier molecular flexibility index (Phi) is 6.31. The van der Waals surface area contributed by atoms with E-state index in [1.165, 1.54) is 18.3 Å². The van der Waals surface area contributed by atoms with Crippen LogP contribution in [0.5, 0.6) is 0 Å². The molecule has 3 aromatic rings. The van der Waals surface area contributed by atoms with E-state index < -0.39 is 5.97 Å². The number of hydrazone groups is 1. The number of thiophene rings is 1. The van der Waals surface area contributed by atoms with Crippen molar-refractivity contribution in [3.8, 4) is 0 Å². The Morgan fingerprint density at radius 3 is 2.63 bits per heavy atom. The number of aromatic nitrogens is 1. The molecule has 0 bridgehead atoms. The van der Waals surface area contributed by atoms with Crippen LogP contribution < -0.4 is 10.7 Å². The summed E-state index contributed by atoms with van der Waals surface area (Å²) >= 11 is 1.21. The molecule has 2 aromatic heterocycles. The quantitative estimate of drug-likeness (QED) is 0.316. The average Bonchev–Trinajstić information content (AvgIpc) is 3.27. The lowest BCUT2D eigenvalue weighted by molar-refractivity contribution is -0.114. The van der Waals surface area contributed by atoms with Gasteiger partial charge in [-0.3, -0.25) is 9.59 Å². The largest absolute Gasteiger partial charge is 0.462 e. The van der Waals surface area contributed by atoms with Crippen LogP contribution in [0.15, 0.2) is 35.6 Å². The van der Waals surface area contributed by atoms with Crippen LogP contribution in [0.2, 0.25) is 0 Å². The van der Waals surface area contributed by atoms with Gasteiger partial charge in [-0.05, 0) is 32.4 Å². The number of fused-ring (bicyclic) bond motifs is 1. The number of aromatic amines is 1. The van der Waals surface area contributed by atoms with Gasteiger partial charge in [0.2, 0.25) is 5.91 Å². The number of para-hydroxylation sites is 1. The number of benzene rings is 1. The fourth-order valence-electron chi connectivity index (χ4n) is 3.06. The van der Waals surface area contributed by atoms with Crippen LogP contribution in [0.4, 0.5) is 5.00 Å². The molecule has 0 spiro atoms. The molecule has 0 unspecified atom stereocenters. The summed E-state index contributed by atoms with van der Waals surface area (Å²) in [7, 11) is 0. The maximum atomic E-state index is 12.6. The van der Waals surface area contributed by atoms with Crippen molar-refractivity contribution in [2.24, 2.45) is 5.10 Å². The van der Waals surface area contributed by atoms with Gasteiger partial charge in [0.05, 0.1) is 28.3 Å². The topological polar surface area (TPSA) is 113 Å². The van der Waals surface area contributed by atoms with E-state index in [4.69, 9.17) is 4.74 Å². The van der Waals surface area contributed by atoms with Crippen LogP contribution in [-0.2, 0) is 9.53 Å². The minimum Gasteiger partial charge on any atom is -0.462 e. The molecule has 0 aliphatic heterocycles. The third-order valence-electron chi connectivity index (χ3n) is 4.40. The van der Waals surface area contributed by atoms with E-state index in [0.717, 1.165) is 10.9 Å². The lowest BCUT2D eigenvalue weighted by Gasteiger charge is -2.05. The molecule has 30 heavy (non-hydrogen) atoms. The highest BCUT2D eigenvalue weighted by Crippen LogP contribution is 2.34. The van der Waals surface area contributed by atoms with Crippen LogP contribution in [0.25, 0.3) is 10.9 Å². The Bertz CT molecular complexity index is 1160. The molecule has 2 amide bonds. The van der Waals surface area contributed by atoms with Crippen LogP contribution in [0.1, 0.15) is 51.9 Å². The van der Waals surface area contributed by atoms with Gasteiger partial charge in [-0.15, -0.1) is 11.3 Å². The molecule has 0 atom stereocenters. The number of nitrogens with zero attached hydrogens (tertiary/aromatic N) is 1. The Balaban J connectivity index is 1.89. The molecule has 0 saturated carbocycles. The SMILES string of the molecule is CCOC(=O)c1c(NC(C)=O)sc(/C(C)=N/NC(=O)c2c[nH]c3ccccc23)c1C. The van der Waals surface area contributed by atoms with Gasteiger partial charge in [-0.25, -0.2) is 10.2 Å². The second-order valence-electron chi connectivity index (χ2n) is 6.55. The first-order chi connectivity index (χ1) is 14.3. The summed E-state index contributed by atoms with van der Waals surface area (Å²) < 4.78 is 5.12. The highest BCUT2D eigenvalue weighted by molar-refractivity contribution is 7.18. The molecule has 0 radical (unpaired) electrons. The normalized spacial score (nSPS) is 11.4. The number of H-pyrrole nitrogens is 1. The predicted molar refractivity (Wildman–Crippen MR) is 117 cm³/mol. The molecular weight excluding hydrogens is 404 g/mol. The highest BCUT2D eigenvalue weighted by Gasteiger charge is 2.24. The summed E-state index contributed by atoms with van der Waals surface area (Å²) in [5.74, 6) is -1.17. The van der Waals surface area contributed by atoms with Crippen molar-refractivity contribution in [3.05, 3.63) is 52.0 Å². The second-order valence-corrected chi connectivity index (χ2v) is 7.57. The van der Waals surface area contributed by atoms with Gasteiger partial charge in [0.25, 0.3) is 5.91 Å². The van der Waals surface area contributed by atoms with E-state index in [1.807, 2.05) is 24.3 Å². The fraction of sp³-hybridized carbons (Fsp3) is 0.238. The molecule has 2 heterocycles. The van der Waals surface area contributed by atoms with Crippen LogP contribution in [0.3, 0.4) is 0 Å². The number of anilines is 1. The third-order valence-corrected chi connectivity index (χ3v) is 5.72. The number of carbonyl (C=O) groups excluding carboxylic acids is 3. The average molecular weight is 426 g/mol. The molecule has 3 rings (SSSR count). The lowest BCUT2D eigenvalue weighted by Crippen LogP contribution is -2.19. The number of hydrogen-bond donors (Lipinski definition) is 3. The van der Waals surface area contributed by atoms with Gasteiger partial charge < -0.3 is 15.0 Å². The molecule has 156 valence electrons. The van der Waals surface area contributed by atoms with Crippen molar-refractivity contribution in [3.63, 3.8) is 0 Å². The van der Waals surface area contributed by atoms with Gasteiger partial charge in [0.1, 0.15) is 5.00 Å². The predicted octanol–water partition coefficient (Wildman–Crippen LogP) is 3.83. The van der Waals surface area contributed by atoms with E-state index in [1.54, 1.807) is 27.0 Å². The minimum absolute atomic E-state index is 0.219. The van der Waals surface area contributed by atoms with E-state index in [2.05, 4.69) is 20.8 Å². The number of esters is 1. The zero-order valence-corrected chi connectivity index (χ0v) is 17.9. The number of hydrogen-bond acceptors (Lipinski definition) is 6. The van der Waals surface area contributed by atoms with Crippen LogP contribution in [0, 0.1) is 6.92 Å². The summed E-state index contributed by atoms with van der Waals surface area (Å²) in [6.07, 6.45) is 1.63. The minimum atomic E-state index is -0.517. The number of carbonyl (C=O) groups is 3. The second kappa shape index (κ2) is 8.91. The van der Waals surface area contributed by atoms with E-state index >= 15 is 0 Å². The molecule has 8 nitrogen and oxygen atoms in total. The monoisotopic (exact) mass is 426 g/mol. The molecular formula is C21H22N4O4S. The van der Waals surface area contributed by atoms with Crippen molar-refractivity contribution >= 4 is 50.7 Å². The summed E-state index contributed by atoms with van der Waals surface area (Å²) in [5, 5.41) is 8.07. The maximum absolute atomic E-state index is 12.6. The zero-order chi connectivity index (χ0) is 21.8. The third kappa shape index (κ3) is 4.25. The van der Waals surface area contributed by atoms with E-state index in [9.17, 15) is 14.4 Å². The smallest absolute Gasteiger partial charge is 0.341 e. The summed E-state index contributed by atoms with van der Waals surface area (Å²) in [4.78, 5) is 40.2. The first-order valence-electron chi connectivity index (χ1n) is 9.32. The standard InChI is InChI=1S/C21H22N4O4S/c1-5-29-21(28)17-11(2)18(30-20(17)23-13(4)26)12(3)24-25-19(27)15-10-22-16-9-7-6-8-14(15)16/h6-10,22H,5H2,1-4H3,(H,23,26)(H,25,27)/b24-12+. The lowest BCUT2D eigenvalue weighted by atomic mass is 10.1. The van der Waals surface area contributed by atoms with E-state index in [0.29, 0.717) is 32.3 Å². The Morgan fingerprint density at radius 1 is 1.20 bits per heavy atom. The molecule has 9 heteroatoms. The Hall–Kier alpha value is -3.46. The van der Waals surface area contributed by atoms with Crippen LogP contribution >= 0.6 is 11.3 Å². The van der Waals surface area contributed by atoms with Crippen molar-refractivity contribution in [1.82, 2.24) is 10.4 Å². The summed E-state index contributed by atoms with van der Waals surface area (Å²) in [5.41, 5.74) is 5.33. The number of rotatable bonds is 6. The summed E-state index contributed by atoms with van der Waals surface area (Å²) in [6.45, 7) is 6.78. The van der Waals surface area contributed by atoms with E-state index in [-0.39, 0.29) is 18.4 Å². The van der Waals surface area contributed by atoms with Gasteiger partial charge in [-0.1, -0.05) is 18.2 Å². The molecule has 0 fully saturated rings. The van der Waals surface area contributed by atoms with Crippen molar-refractivity contribution in [2.45, 2.75) is 27.7 Å². The molecule has 0 aliphatic rings. The first kappa shape index (κ1) is 21.3. The van der Waals surface area contributed by atoms with Crippen molar-refractivity contribution < 1.29 is 19.1 Å². The van der Waals surface area contributed by atoms with Crippen molar-refractivity contribution in [1.29, 1.82) is 0 Å². The first-order valence-corrected chi connectivity index (χ1v) is 10.1. The van der Waals surface area contributed by atoms with Gasteiger partial charge >= 0.3 is 5.97 Å². The molecule has 0 aliphatic carbocycles. The molecule has 3 N–H and O–H groups in total. The van der Waals surface area contributed by atoms with Gasteiger partial charge in [0.15, 0.2) is 0 Å². The van der Waals surface area contributed by atoms with Crippen molar-refractivity contribution in [2.75, 3.05) is 11.9 Å². The fourth-order valence-corrected chi connectivity index (χ4v) is 4.25. The Labute approximate surface area is 177 Å².